The molecule has 2 aromatic rings. The highest BCUT2D eigenvalue weighted by Gasteiger charge is 2.14. The monoisotopic (exact) mass is 376 g/mol. The third kappa shape index (κ3) is 5.04. The summed E-state index contributed by atoms with van der Waals surface area (Å²) in [6.45, 7) is 5.86. The molecule has 25 heavy (non-hydrogen) atoms. The van der Waals surface area contributed by atoms with Gasteiger partial charge >= 0.3 is 0 Å². The van der Waals surface area contributed by atoms with E-state index in [1.807, 2.05) is 24.8 Å². The van der Waals surface area contributed by atoms with E-state index in [1.54, 1.807) is 5.38 Å². The van der Waals surface area contributed by atoms with E-state index in [-0.39, 0.29) is 5.91 Å². The van der Waals surface area contributed by atoms with E-state index in [9.17, 15) is 4.79 Å². The maximum Gasteiger partial charge on any atom is 0.275 e. The van der Waals surface area contributed by atoms with Crippen molar-refractivity contribution in [1.29, 1.82) is 0 Å². The zero-order chi connectivity index (χ0) is 17.6. The van der Waals surface area contributed by atoms with E-state index < -0.39 is 0 Å². The Labute approximate surface area is 157 Å². The summed E-state index contributed by atoms with van der Waals surface area (Å²) in [7, 11) is 0. The van der Waals surface area contributed by atoms with Crippen LogP contribution in [-0.4, -0.2) is 46.9 Å². The summed E-state index contributed by atoms with van der Waals surface area (Å²) in [4.78, 5) is 19.2. The number of carbonyl (C=O) groups excluding carboxylic acids is 1. The van der Waals surface area contributed by atoms with Crippen LogP contribution in [0.5, 0.6) is 0 Å². The molecule has 1 aromatic carbocycles. The second-order valence-corrected chi connectivity index (χ2v) is 8.32. The normalized spacial score (nSPS) is 15.3. The molecule has 0 saturated carbocycles. The number of hydrogen-bond acceptors (Lipinski definition) is 6. The Hall–Kier alpha value is -1.41. The Balaban J connectivity index is 1.62. The number of rotatable bonds is 6. The van der Waals surface area contributed by atoms with Gasteiger partial charge in [-0.25, -0.2) is 4.98 Å². The molecule has 0 atom stereocenters. The van der Waals surface area contributed by atoms with Crippen LogP contribution in [0.25, 0.3) is 0 Å². The number of anilines is 1. The first-order valence-electron chi connectivity index (χ1n) is 8.51. The number of benzene rings is 1. The molecule has 0 bridgehead atoms. The van der Waals surface area contributed by atoms with Crippen molar-refractivity contribution in [2.75, 3.05) is 36.5 Å². The van der Waals surface area contributed by atoms with E-state index in [4.69, 9.17) is 5.73 Å². The van der Waals surface area contributed by atoms with Crippen LogP contribution in [0.4, 0.5) is 5.69 Å². The van der Waals surface area contributed by atoms with Gasteiger partial charge in [0.1, 0.15) is 5.69 Å². The van der Waals surface area contributed by atoms with Crippen LogP contribution in [-0.2, 0) is 13.0 Å². The SMILES string of the molecule is Cc1cc(CN2CCSCC2)ccc1NC(=O)c1csc(CCN)n1. The number of carbonyl (C=O) groups is 1. The van der Waals surface area contributed by atoms with Gasteiger partial charge in [0.05, 0.1) is 5.01 Å². The van der Waals surface area contributed by atoms with Gasteiger partial charge in [-0.2, -0.15) is 11.8 Å². The summed E-state index contributed by atoms with van der Waals surface area (Å²) >= 11 is 3.50. The smallest absolute Gasteiger partial charge is 0.275 e. The Bertz CT molecular complexity index is 726. The lowest BCUT2D eigenvalue weighted by Crippen LogP contribution is -2.31. The van der Waals surface area contributed by atoms with Gasteiger partial charge in [0.15, 0.2) is 0 Å². The van der Waals surface area contributed by atoms with Crippen molar-refractivity contribution < 1.29 is 4.79 Å². The minimum absolute atomic E-state index is 0.163. The molecule has 134 valence electrons. The van der Waals surface area contributed by atoms with Gasteiger partial charge in [-0.3, -0.25) is 9.69 Å². The molecule has 0 aliphatic carbocycles. The molecule has 3 N–H and O–H groups in total. The second-order valence-electron chi connectivity index (χ2n) is 6.16. The molecule has 1 aliphatic heterocycles. The Kier molecular flexibility index (Phi) is 6.47. The zero-order valence-electron chi connectivity index (χ0n) is 14.5. The highest BCUT2D eigenvalue weighted by Crippen LogP contribution is 2.20. The van der Waals surface area contributed by atoms with Gasteiger partial charge in [-0.1, -0.05) is 12.1 Å². The highest BCUT2D eigenvalue weighted by atomic mass is 32.2. The van der Waals surface area contributed by atoms with Crippen molar-refractivity contribution in [2.45, 2.75) is 19.9 Å². The molecule has 1 amide bonds. The van der Waals surface area contributed by atoms with Gasteiger partial charge in [0.25, 0.3) is 5.91 Å². The number of nitrogens with two attached hydrogens (primary N) is 1. The fourth-order valence-electron chi connectivity index (χ4n) is 2.82. The quantitative estimate of drug-likeness (QED) is 0.811. The van der Waals surface area contributed by atoms with Crippen LogP contribution in [0.3, 0.4) is 0 Å². The first kappa shape index (κ1) is 18.4. The minimum atomic E-state index is -0.163. The third-order valence-electron chi connectivity index (χ3n) is 4.19. The van der Waals surface area contributed by atoms with E-state index in [0.717, 1.165) is 35.9 Å². The molecular weight excluding hydrogens is 352 g/mol. The van der Waals surface area contributed by atoms with Gasteiger partial charge in [-0.05, 0) is 30.7 Å². The molecule has 0 spiro atoms. The highest BCUT2D eigenvalue weighted by molar-refractivity contribution is 7.99. The number of nitrogens with one attached hydrogen (secondary N) is 1. The molecule has 5 nitrogen and oxygen atoms in total. The Morgan fingerprint density at radius 2 is 2.16 bits per heavy atom. The summed E-state index contributed by atoms with van der Waals surface area (Å²) in [5.41, 5.74) is 9.21. The zero-order valence-corrected chi connectivity index (χ0v) is 16.1. The summed E-state index contributed by atoms with van der Waals surface area (Å²) in [6, 6.07) is 6.26. The van der Waals surface area contributed by atoms with Crippen molar-refractivity contribution in [3.8, 4) is 0 Å². The minimum Gasteiger partial charge on any atom is -0.330 e. The van der Waals surface area contributed by atoms with Gasteiger partial charge < -0.3 is 11.1 Å². The average Bonchev–Trinajstić information content (AvgIpc) is 3.07. The average molecular weight is 377 g/mol. The van der Waals surface area contributed by atoms with Crippen molar-refractivity contribution in [3.63, 3.8) is 0 Å². The number of aryl methyl sites for hydroxylation is 1. The lowest BCUT2D eigenvalue weighted by Gasteiger charge is -2.26. The summed E-state index contributed by atoms with van der Waals surface area (Å²) in [5.74, 6) is 2.27. The van der Waals surface area contributed by atoms with Crippen LogP contribution in [0.15, 0.2) is 23.6 Å². The summed E-state index contributed by atoms with van der Waals surface area (Å²) in [6.07, 6.45) is 0.709. The molecular formula is C18H24N4OS2. The molecule has 7 heteroatoms. The van der Waals surface area contributed by atoms with E-state index >= 15 is 0 Å². The summed E-state index contributed by atoms with van der Waals surface area (Å²) in [5, 5.41) is 5.66. The first-order chi connectivity index (χ1) is 12.2. The number of amides is 1. The predicted octanol–water partition coefficient (Wildman–Crippen LogP) is 2.75. The number of thioether (sulfide) groups is 1. The number of nitrogens with zero attached hydrogens (tertiary/aromatic N) is 2. The third-order valence-corrected chi connectivity index (χ3v) is 6.04. The van der Waals surface area contributed by atoms with Crippen molar-refractivity contribution in [3.05, 3.63) is 45.4 Å². The first-order valence-corrected chi connectivity index (χ1v) is 10.5. The maximum absolute atomic E-state index is 12.4. The van der Waals surface area contributed by atoms with Crippen LogP contribution in [0, 0.1) is 6.92 Å². The van der Waals surface area contributed by atoms with E-state index in [2.05, 4.69) is 27.3 Å². The maximum atomic E-state index is 12.4. The van der Waals surface area contributed by atoms with Crippen molar-refractivity contribution in [1.82, 2.24) is 9.88 Å². The molecule has 0 unspecified atom stereocenters. The lowest BCUT2D eigenvalue weighted by atomic mass is 10.1. The molecule has 1 aliphatic rings. The number of thiazole rings is 1. The molecule has 1 aromatic heterocycles. The molecule has 3 rings (SSSR count). The van der Waals surface area contributed by atoms with E-state index in [1.165, 1.54) is 28.4 Å². The van der Waals surface area contributed by atoms with Gasteiger partial charge in [0, 0.05) is 48.6 Å². The van der Waals surface area contributed by atoms with Crippen LogP contribution < -0.4 is 11.1 Å². The molecule has 0 radical (unpaired) electrons. The van der Waals surface area contributed by atoms with Crippen molar-refractivity contribution >= 4 is 34.7 Å². The molecule has 1 saturated heterocycles. The second kappa shape index (κ2) is 8.80. The number of hydrogen-bond donors (Lipinski definition) is 2. The van der Waals surface area contributed by atoms with Crippen LogP contribution >= 0.6 is 23.1 Å². The molecule has 1 fully saturated rings. The predicted molar refractivity (Wildman–Crippen MR) is 107 cm³/mol. The fourth-order valence-corrected chi connectivity index (χ4v) is 4.59. The largest absolute Gasteiger partial charge is 0.330 e. The topological polar surface area (TPSA) is 71.2 Å². The van der Waals surface area contributed by atoms with Crippen LogP contribution in [0.1, 0.15) is 26.6 Å². The fraction of sp³-hybridized carbons (Fsp3) is 0.444. The molecule has 2 heterocycles. The van der Waals surface area contributed by atoms with Crippen LogP contribution in [0.2, 0.25) is 0 Å². The van der Waals surface area contributed by atoms with Gasteiger partial charge in [0.2, 0.25) is 0 Å². The Morgan fingerprint density at radius 3 is 2.88 bits per heavy atom. The van der Waals surface area contributed by atoms with Gasteiger partial charge in [-0.15, -0.1) is 11.3 Å². The van der Waals surface area contributed by atoms with E-state index in [0.29, 0.717) is 18.7 Å². The lowest BCUT2D eigenvalue weighted by molar-refractivity contribution is 0.102. The van der Waals surface area contributed by atoms with Crippen molar-refractivity contribution in [2.24, 2.45) is 5.73 Å². The number of aromatic nitrogens is 1. The standard InChI is InChI=1S/C18H24N4OS2/c1-13-10-14(11-22-6-8-24-9-7-22)2-3-15(13)21-18(23)16-12-25-17(20-16)4-5-19/h2-3,10,12H,4-9,11,19H2,1H3,(H,21,23). The Morgan fingerprint density at radius 1 is 1.36 bits per heavy atom. The summed E-state index contributed by atoms with van der Waals surface area (Å²) < 4.78 is 0.